The molecule has 0 spiro atoms. The summed E-state index contributed by atoms with van der Waals surface area (Å²) in [6, 6.07) is 8.31. The van der Waals surface area contributed by atoms with Crippen LogP contribution in [0.1, 0.15) is 32.5 Å². The van der Waals surface area contributed by atoms with Crippen LogP contribution in [0.2, 0.25) is 0 Å². The van der Waals surface area contributed by atoms with E-state index >= 15 is 0 Å². The number of nitrogens with zero attached hydrogens (tertiary/aromatic N) is 6. The van der Waals surface area contributed by atoms with Crippen molar-refractivity contribution in [3.63, 3.8) is 0 Å². The smallest absolute Gasteiger partial charge is 0.194 e. The third kappa shape index (κ3) is 7.26. The third-order valence-electron chi connectivity index (χ3n) is 5.44. The summed E-state index contributed by atoms with van der Waals surface area (Å²) in [6.07, 6.45) is 4.97. The molecule has 172 valence electrons. The van der Waals surface area contributed by atoms with Gasteiger partial charge in [0.2, 0.25) is 0 Å². The van der Waals surface area contributed by atoms with Gasteiger partial charge < -0.3 is 24.4 Å². The van der Waals surface area contributed by atoms with Gasteiger partial charge in [-0.2, -0.15) is 0 Å². The predicted molar refractivity (Wildman–Crippen MR) is 137 cm³/mol. The number of methoxy groups -OCH3 is 1. The molecule has 1 saturated heterocycles. The SMILES string of the molecule is CCCCN=C(NCCn1cnnc1CC)N1CCN(c2ccc(OC)cc2)CC1.I. The van der Waals surface area contributed by atoms with Crippen LogP contribution in [0.3, 0.4) is 0 Å². The molecule has 0 amide bonds. The zero-order chi connectivity index (χ0) is 21.2. The Morgan fingerprint density at radius 2 is 1.87 bits per heavy atom. The van der Waals surface area contributed by atoms with Crippen LogP contribution in [0, 0.1) is 0 Å². The van der Waals surface area contributed by atoms with Crippen LogP contribution < -0.4 is 15.0 Å². The molecule has 31 heavy (non-hydrogen) atoms. The first kappa shape index (κ1) is 25.2. The Bertz CT molecular complexity index is 785. The Balaban J connectivity index is 0.00000341. The second-order valence-corrected chi connectivity index (χ2v) is 7.45. The van der Waals surface area contributed by atoms with Gasteiger partial charge in [-0.1, -0.05) is 20.3 Å². The minimum Gasteiger partial charge on any atom is -0.497 e. The number of piperazine rings is 1. The lowest BCUT2D eigenvalue weighted by Crippen LogP contribution is -2.53. The van der Waals surface area contributed by atoms with E-state index in [2.05, 4.69) is 55.9 Å². The predicted octanol–water partition coefficient (Wildman–Crippen LogP) is 3.04. The maximum Gasteiger partial charge on any atom is 0.194 e. The van der Waals surface area contributed by atoms with Gasteiger partial charge >= 0.3 is 0 Å². The summed E-state index contributed by atoms with van der Waals surface area (Å²) in [4.78, 5) is 9.67. The number of aryl methyl sites for hydroxylation is 1. The van der Waals surface area contributed by atoms with E-state index in [9.17, 15) is 0 Å². The maximum absolute atomic E-state index is 5.27. The van der Waals surface area contributed by atoms with Gasteiger partial charge in [-0.25, -0.2) is 0 Å². The lowest BCUT2D eigenvalue weighted by atomic mass is 10.2. The van der Waals surface area contributed by atoms with Crippen LogP contribution in [0.5, 0.6) is 5.75 Å². The Kier molecular flexibility index (Phi) is 10.9. The first-order valence-corrected chi connectivity index (χ1v) is 11.0. The molecule has 3 rings (SSSR count). The fourth-order valence-corrected chi connectivity index (χ4v) is 3.61. The van der Waals surface area contributed by atoms with Crippen molar-refractivity contribution in [1.82, 2.24) is 25.0 Å². The van der Waals surface area contributed by atoms with E-state index in [1.165, 1.54) is 5.69 Å². The summed E-state index contributed by atoms with van der Waals surface area (Å²) in [5.41, 5.74) is 1.24. The van der Waals surface area contributed by atoms with E-state index in [0.29, 0.717) is 0 Å². The Labute approximate surface area is 203 Å². The largest absolute Gasteiger partial charge is 0.497 e. The Morgan fingerprint density at radius 1 is 1.13 bits per heavy atom. The molecule has 2 aromatic rings. The third-order valence-corrected chi connectivity index (χ3v) is 5.44. The van der Waals surface area contributed by atoms with Crippen molar-refractivity contribution in [2.24, 2.45) is 4.99 Å². The summed E-state index contributed by atoms with van der Waals surface area (Å²) >= 11 is 0. The van der Waals surface area contributed by atoms with E-state index in [-0.39, 0.29) is 24.0 Å². The van der Waals surface area contributed by atoms with Crippen LogP contribution in [0.15, 0.2) is 35.6 Å². The van der Waals surface area contributed by atoms with E-state index in [0.717, 1.165) is 82.6 Å². The van der Waals surface area contributed by atoms with Crippen LogP contribution in [-0.4, -0.2) is 72.0 Å². The lowest BCUT2D eigenvalue weighted by molar-refractivity contribution is 0.370. The molecule has 8 nitrogen and oxygen atoms in total. The number of guanidine groups is 1. The number of anilines is 1. The van der Waals surface area contributed by atoms with E-state index in [1.54, 1.807) is 7.11 Å². The van der Waals surface area contributed by atoms with E-state index < -0.39 is 0 Å². The zero-order valence-corrected chi connectivity index (χ0v) is 21.3. The second kappa shape index (κ2) is 13.4. The number of aromatic nitrogens is 3. The average Bonchev–Trinajstić information content (AvgIpc) is 3.26. The summed E-state index contributed by atoms with van der Waals surface area (Å²) < 4.78 is 7.38. The van der Waals surface area contributed by atoms with Gasteiger partial charge in [0.15, 0.2) is 5.96 Å². The van der Waals surface area contributed by atoms with Crippen molar-refractivity contribution >= 4 is 35.6 Å². The number of hydrogen-bond acceptors (Lipinski definition) is 5. The zero-order valence-electron chi connectivity index (χ0n) is 19.0. The molecule has 1 fully saturated rings. The van der Waals surface area contributed by atoms with Crippen molar-refractivity contribution in [2.45, 2.75) is 39.7 Å². The first-order valence-electron chi connectivity index (χ1n) is 11.0. The standard InChI is InChI=1S/C22H35N7O.HI/c1-4-6-11-23-22(24-12-13-29-18-25-26-21(29)5-2)28-16-14-27(15-17-28)19-7-9-20(30-3)10-8-19;/h7-10,18H,4-6,11-17H2,1-3H3,(H,23,24);1H. The van der Waals surface area contributed by atoms with Crippen molar-refractivity contribution in [3.05, 3.63) is 36.4 Å². The molecular weight excluding hydrogens is 505 g/mol. The van der Waals surface area contributed by atoms with Crippen molar-refractivity contribution in [2.75, 3.05) is 51.3 Å². The van der Waals surface area contributed by atoms with Gasteiger partial charge in [-0.15, -0.1) is 34.2 Å². The van der Waals surface area contributed by atoms with E-state index in [4.69, 9.17) is 9.73 Å². The highest BCUT2D eigenvalue weighted by atomic mass is 127. The van der Waals surface area contributed by atoms with Crippen molar-refractivity contribution in [3.8, 4) is 5.75 Å². The number of aliphatic imine (C=N–C) groups is 1. The molecule has 0 bridgehead atoms. The van der Waals surface area contributed by atoms with Crippen LogP contribution in [0.25, 0.3) is 0 Å². The summed E-state index contributed by atoms with van der Waals surface area (Å²) in [5, 5.41) is 11.8. The Morgan fingerprint density at radius 3 is 2.52 bits per heavy atom. The second-order valence-electron chi connectivity index (χ2n) is 7.45. The van der Waals surface area contributed by atoms with Gasteiger partial charge in [0.25, 0.3) is 0 Å². The highest BCUT2D eigenvalue weighted by Crippen LogP contribution is 2.20. The summed E-state index contributed by atoms with van der Waals surface area (Å²) in [5.74, 6) is 2.93. The van der Waals surface area contributed by atoms with E-state index in [1.807, 2.05) is 18.5 Å². The number of nitrogens with one attached hydrogen (secondary N) is 1. The van der Waals surface area contributed by atoms with Gasteiger partial charge in [0, 0.05) is 57.9 Å². The molecule has 1 aliphatic rings. The molecule has 0 unspecified atom stereocenters. The molecule has 0 radical (unpaired) electrons. The highest BCUT2D eigenvalue weighted by Gasteiger charge is 2.20. The number of benzene rings is 1. The minimum absolute atomic E-state index is 0. The quantitative estimate of drug-likeness (QED) is 0.228. The van der Waals surface area contributed by atoms with Gasteiger partial charge in [0.1, 0.15) is 17.9 Å². The fraction of sp³-hybridized carbons (Fsp3) is 0.591. The fourth-order valence-electron chi connectivity index (χ4n) is 3.61. The Hall–Kier alpha value is -2.04. The molecule has 9 heteroatoms. The number of halogens is 1. The van der Waals surface area contributed by atoms with Crippen molar-refractivity contribution in [1.29, 1.82) is 0 Å². The molecular formula is C22H36IN7O. The number of unbranched alkanes of at least 4 members (excludes halogenated alkanes) is 1. The number of hydrogen-bond donors (Lipinski definition) is 1. The minimum atomic E-state index is 0. The molecule has 0 aliphatic carbocycles. The normalized spacial score (nSPS) is 14.4. The average molecular weight is 541 g/mol. The molecule has 1 aromatic carbocycles. The van der Waals surface area contributed by atoms with Crippen LogP contribution in [0.4, 0.5) is 5.69 Å². The highest BCUT2D eigenvalue weighted by molar-refractivity contribution is 14.0. The molecule has 2 heterocycles. The topological polar surface area (TPSA) is 70.8 Å². The number of rotatable bonds is 9. The first-order chi connectivity index (χ1) is 14.7. The lowest BCUT2D eigenvalue weighted by Gasteiger charge is -2.38. The number of ether oxygens (including phenoxy) is 1. The van der Waals surface area contributed by atoms with Crippen LogP contribution in [-0.2, 0) is 13.0 Å². The molecule has 0 saturated carbocycles. The summed E-state index contributed by atoms with van der Waals surface area (Å²) in [7, 11) is 1.70. The van der Waals surface area contributed by atoms with Gasteiger partial charge in [0.05, 0.1) is 7.11 Å². The van der Waals surface area contributed by atoms with Crippen LogP contribution >= 0.6 is 24.0 Å². The van der Waals surface area contributed by atoms with Crippen molar-refractivity contribution < 1.29 is 4.74 Å². The summed E-state index contributed by atoms with van der Waals surface area (Å²) in [6.45, 7) is 10.7. The monoisotopic (exact) mass is 541 g/mol. The maximum atomic E-state index is 5.27. The molecule has 1 aliphatic heterocycles. The molecule has 1 N–H and O–H groups in total. The van der Waals surface area contributed by atoms with Gasteiger partial charge in [-0.05, 0) is 30.7 Å². The molecule has 0 atom stereocenters. The molecule has 1 aromatic heterocycles. The van der Waals surface area contributed by atoms with Gasteiger partial charge in [-0.3, -0.25) is 4.99 Å².